The van der Waals surface area contributed by atoms with E-state index in [1.165, 1.54) is 0 Å². The molecule has 0 aliphatic heterocycles. The third kappa shape index (κ3) is 3.15. The van der Waals surface area contributed by atoms with E-state index in [0.717, 1.165) is 29.0 Å². The molecule has 0 aromatic heterocycles. The van der Waals surface area contributed by atoms with Gasteiger partial charge in [0.2, 0.25) is 5.91 Å². The number of methoxy groups -OCH3 is 2. The van der Waals surface area contributed by atoms with Crippen molar-refractivity contribution >= 4 is 11.6 Å². The quantitative estimate of drug-likeness (QED) is 0.825. The molecule has 0 bridgehead atoms. The summed E-state index contributed by atoms with van der Waals surface area (Å²) < 4.78 is 10.7. The first-order chi connectivity index (χ1) is 11.5. The van der Waals surface area contributed by atoms with E-state index in [4.69, 9.17) is 9.47 Å². The Morgan fingerprint density at radius 3 is 2.67 bits per heavy atom. The van der Waals surface area contributed by atoms with E-state index in [9.17, 15) is 9.90 Å². The van der Waals surface area contributed by atoms with E-state index in [1.807, 2.05) is 25.1 Å². The molecule has 0 radical (unpaired) electrons. The van der Waals surface area contributed by atoms with Crippen LogP contribution in [0.4, 0.5) is 5.69 Å². The van der Waals surface area contributed by atoms with E-state index in [-0.39, 0.29) is 23.5 Å². The lowest BCUT2D eigenvalue weighted by molar-refractivity contribution is -0.117. The molecule has 3 rings (SSSR count). The number of amides is 1. The fraction of sp³-hybridized carbons (Fsp3) is 0.316. The van der Waals surface area contributed by atoms with Gasteiger partial charge in [-0.2, -0.15) is 0 Å². The molecule has 0 heterocycles. The predicted octanol–water partition coefficient (Wildman–Crippen LogP) is 3.46. The van der Waals surface area contributed by atoms with Crippen LogP contribution in [-0.4, -0.2) is 25.2 Å². The second kappa shape index (κ2) is 6.43. The van der Waals surface area contributed by atoms with Crippen molar-refractivity contribution in [1.29, 1.82) is 0 Å². The van der Waals surface area contributed by atoms with E-state index in [0.29, 0.717) is 5.69 Å². The summed E-state index contributed by atoms with van der Waals surface area (Å²) >= 11 is 0. The van der Waals surface area contributed by atoms with Gasteiger partial charge in [0.25, 0.3) is 0 Å². The van der Waals surface area contributed by atoms with Gasteiger partial charge in [0.05, 0.1) is 19.9 Å². The van der Waals surface area contributed by atoms with Crippen molar-refractivity contribution in [2.24, 2.45) is 5.92 Å². The minimum absolute atomic E-state index is 0.0742. The second-order valence-electron chi connectivity index (χ2n) is 6.07. The van der Waals surface area contributed by atoms with Gasteiger partial charge in [-0.25, -0.2) is 0 Å². The lowest BCUT2D eigenvalue weighted by Crippen LogP contribution is -2.15. The number of nitrogens with one attached hydrogen (secondary N) is 1. The zero-order valence-electron chi connectivity index (χ0n) is 14.0. The molecule has 2 aromatic carbocycles. The molecule has 1 aliphatic rings. The molecule has 24 heavy (non-hydrogen) atoms. The highest BCUT2D eigenvalue weighted by Gasteiger charge is 2.45. The maximum atomic E-state index is 12.5. The van der Waals surface area contributed by atoms with Crippen molar-refractivity contribution < 1.29 is 19.4 Å². The zero-order chi connectivity index (χ0) is 17.3. The predicted molar refractivity (Wildman–Crippen MR) is 91.9 cm³/mol. The van der Waals surface area contributed by atoms with Crippen LogP contribution in [-0.2, 0) is 4.79 Å². The molecule has 1 amide bonds. The topological polar surface area (TPSA) is 67.8 Å². The molecular weight excluding hydrogens is 306 g/mol. The Bertz CT molecular complexity index is 772. The van der Waals surface area contributed by atoms with Crippen LogP contribution in [0.3, 0.4) is 0 Å². The smallest absolute Gasteiger partial charge is 0.228 e. The van der Waals surface area contributed by atoms with Crippen molar-refractivity contribution in [2.75, 3.05) is 19.5 Å². The summed E-state index contributed by atoms with van der Waals surface area (Å²) in [4.78, 5) is 12.5. The standard InChI is InChI=1S/C19H21NO4/c1-11-4-6-17(21)16(8-11)20-19(22)15-10-13(15)14-9-12(23-2)5-7-18(14)24-3/h4-9,13,15,21H,10H2,1-3H3,(H,20,22)/t13-,15+/m1/s1. The zero-order valence-corrected chi connectivity index (χ0v) is 14.0. The highest BCUT2D eigenvalue weighted by atomic mass is 16.5. The summed E-state index contributed by atoms with van der Waals surface area (Å²) in [5.74, 6) is 1.45. The Morgan fingerprint density at radius 1 is 1.17 bits per heavy atom. The molecule has 0 unspecified atom stereocenters. The van der Waals surface area contributed by atoms with Crippen LogP contribution >= 0.6 is 0 Å². The summed E-state index contributed by atoms with van der Waals surface area (Å²) in [6.07, 6.45) is 0.752. The number of carbonyl (C=O) groups is 1. The van der Waals surface area contributed by atoms with Crippen molar-refractivity contribution in [1.82, 2.24) is 0 Å². The van der Waals surface area contributed by atoms with Gasteiger partial charge < -0.3 is 19.9 Å². The minimum atomic E-state index is -0.133. The molecule has 1 aliphatic carbocycles. The molecule has 0 spiro atoms. The maximum absolute atomic E-state index is 12.5. The average Bonchev–Trinajstić information content (AvgIpc) is 3.38. The van der Waals surface area contributed by atoms with Gasteiger partial charge in [-0.05, 0) is 49.2 Å². The maximum Gasteiger partial charge on any atom is 0.228 e. The first-order valence-electron chi connectivity index (χ1n) is 7.86. The molecule has 126 valence electrons. The SMILES string of the molecule is COc1ccc(OC)c([C@H]2C[C@@H]2C(=O)Nc2cc(C)ccc2O)c1. The highest BCUT2D eigenvalue weighted by Crippen LogP contribution is 2.51. The van der Waals surface area contributed by atoms with Gasteiger partial charge in [0, 0.05) is 17.4 Å². The third-order valence-corrected chi connectivity index (χ3v) is 4.37. The van der Waals surface area contributed by atoms with Crippen molar-refractivity contribution in [3.8, 4) is 17.2 Å². The lowest BCUT2D eigenvalue weighted by Gasteiger charge is -2.11. The summed E-state index contributed by atoms with van der Waals surface area (Å²) in [5.41, 5.74) is 2.40. The van der Waals surface area contributed by atoms with Crippen LogP contribution in [0, 0.1) is 12.8 Å². The molecular formula is C19H21NO4. The van der Waals surface area contributed by atoms with Crippen LogP contribution in [0.1, 0.15) is 23.5 Å². The number of carbonyl (C=O) groups excluding carboxylic acids is 1. The normalized spacial score (nSPS) is 18.8. The van der Waals surface area contributed by atoms with Crippen LogP contribution in [0.2, 0.25) is 0 Å². The Morgan fingerprint density at radius 2 is 1.96 bits per heavy atom. The van der Waals surface area contributed by atoms with Crippen LogP contribution in [0.25, 0.3) is 0 Å². The molecule has 5 heteroatoms. The number of phenols is 1. The fourth-order valence-corrected chi connectivity index (χ4v) is 2.93. The van der Waals surface area contributed by atoms with E-state index in [2.05, 4.69) is 5.32 Å². The fourth-order valence-electron chi connectivity index (χ4n) is 2.93. The number of ether oxygens (including phenoxy) is 2. The number of anilines is 1. The number of benzene rings is 2. The second-order valence-corrected chi connectivity index (χ2v) is 6.07. The number of aromatic hydroxyl groups is 1. The monoisotopic (exact) mass is 327 g/mol. The molecule has 2 aromatic rings. The Balaban J connectivity index is 1.75. The largest absolute Gasteiger partial charge is 0.506 e. The molecule has 2 atom stereocenters. The molecule has 1 saturated carbocycles. The van der Waals surface area contributed by atoms with Gasteiger partial charge >= 0.3 is 0 Å². The first kappa shape index (κ1) is 16.2. The number of rotatable bonds is 5. The summed E-state index contributed by atoms with van der Waals surface area (Å²) in [6.45, 7) is 1.91. The van der Waals surface area contributed by atoms with Crippen molar-refractivity contribution in [3.63, 3.8) is 0 Å². The van der Waals surface area contributed by atoms with Crippen molar-refractivity contribution in [3.05, 3.63) is 47.5 Å². The number of aryl methyl sites for hydroxylation is 1. The van der Waals surface area contributed by atoms with Gasteiger partial charge in [0.1, 0.15) is 17.2 Å². The lowest BCUT2D eigenvalue weighted by atomic mass is 10.1. The molecule has 2 N–H and O–H groups in total. The summed E-state index contributed by atoms with van der Waals surface area (Å²) in [6, 6.07) is 10.8. The van der Waals surface area contributed by atoms with E-state index in [1.54, 1.807) is 32.4 Å². The number of hydrogen-bond acceptors (Lipinski definition) is 4. The Labute approximate surface area is 141 Å². The van der Waals surface area contributed by atoms with Crippen LogP contribution < -0.4 is 14.8 Å². The van der Waals surface area contributed by atoms with Crippen molar-refractivity contribution in [2.45, 2.75) is 19.3 Å². The third-order valence-electron chi connectivity index (χ3n) is 4.37. The number of hydrogen-bond donors (Lipinski definition) is 2. The summed E-state index contributed by atoms with van der Waals surface area (Å²) in [5, 5.41) is 12.7. The molecule has 5 nitrogen and oxygen atoms in total. The van der Waals surface area contributed by atoms with Gasteiger partial charge in [0.15, 0.2) is 0 Å². The molecule has 0 saturated heterocycles. The Kier molecular flexibility index (Phi) is 4.34. The van der Waals surface area contributed by atoms with Crippen LogP contribution in [0.15, 0.2) is 36.4 Å². The van der Waals surface area contributed by atoms with Gasteiger partial charge in [-0.3, -0.25) is 4.79 Å². The average molecular weight is 327 g/mol. The van der Waals surface area contributed by atoms with Crippen LogP contribution in [0.5, 0.6) is 17.2 Å². The minimum Gasteiger partial charge on any atom is -0.506 e. The van der Waals surface area contributed by atoms with Gasteiger partial charge in [-0.1, -0.05) is 6.07 Å². The summed E-state index contributed by atoms with van der Waals surface area (Å²) in [7, 11) is 3.23. The number of phenolic OH excluding ortho intramolecular Hbond substituents is 1. The van der Waals surface area contributed by atoms with Gasteiger partial charge in [-0.15, -0.1) is 0 Å². The molecule has 1 fully saturated rings. The Hall–Kier alpha value is -2.69. The van der Waals surface area contributed by atoms with E-state index < -0.39 is 0 Å². The first-order valence-corrected chi connectivity index (χ1v) is 7.86. The highest BCUT2D eigenvalue weighted by molar-refractivity contribution is 5.96. The van der Waals surface area contributed by atoms with E-state index >= 15 is 0 Å².